The molecule has 2 rings (SSSR count). The number of amides is 4. The van der Waals surface area contributed by atoms with Gasteiger partial charge in [0.2, 0.25) is 5.91 Å². The molecule has 2 unspecified atom stereocenters. The predicted octanol–water partition coefficient (Wildman–Crippen LogP) is 3.79. The van der Waals surface area contributed by atoms with E-state index >= 15 is 0 Å². The molecule has 38 heavy (non-hydrogen) atoms. The molecule has 0 saturated carbocycles. The number of primary amides is 1. The van der Waals surface area contributed by atoms with Crippen molar-refractivity contribution in [3.05, 3.63) is 64.2 Å². The number of carbonyl (C=O) groups excluding carboxylic acids is 4. The van der Waals surface area contributed by atoms with Crippen molar-refractivity contribution in [1.82, 2.24) is 10.2 Å². The van der Waals surface area contributed by atoms with Crippen molar-refractivity contribution in [3.63, 3.8) is 0 Å². The Labute approximate surface area is 224 Å². The summed E-state index contributed by atoms with van der Waals surface area (Å²) >= 11 is 0. The molecule has 0 aliphatic carbocycles. The van der Waals surface area contributed by atoms with Gasteiger partial charge in [0.05, 0.1) is 6.42 Å². The molecule has 202 valence electrons. The van der Waals surface area contributed by atoms with Crippen LogP contribution in [0.5, 0.6) is 0 Å². The summed E-state index contributed by atoms with van der Waals surface area (Å²) in [5.74, 6) is -2.27. The maximum Gasteiger partial charge on any atom is 0.408 e. The quantitative estimate of drug-likeness (QED) is 0.360. The van der Waals surface area contributed by atoms with Crippen molar-refractivity contribution >= 4 is 29.5 Å². The largest absolute Gasteiger partial charge is 0.444 e. The van der Waals surface area contributed by atoms with E-state index in [1.807, 2.05) is 52.0 Å². The summed E-state index contributed by atoms with van der Waals surface area (Å²) in [6, 6.07) is 10.6. The molecular formula is C29H36N4O5. The van der Waals surface area contributed by atoms with Gasteiger partial charge in [-0.25, -0.2) is 4.79 Å². The smallest absolute Gasteiger partial charge is 0.408 e. The maximum absolute atomic E-state index is 13.8. The number of terminal acetylenes is 1. The fourth-order valence-electron chi connectivity index (χ4n) is 4.07. The summed E-state index contributed by atoms with van der Waals surface area (Å²) < 4.78 is 5.24. The zero-order valence-electron chi connectivity index (χ0n) is 23.0. The van der Waals surface area contributed by atoms with Crippen LogP contribution in [0.4, 0.5) is 10.5 Å². The van der Waals surface area contributed by atoms with Crippen LogP contribution in [-0.4, -0.2) is 40.4 Å². The van der Waals surface area contributed by atoms with Crippen molar-refractivity contribution in [2.24, 2.45) is 5.73 Å². The van der Waals surface area contributed by atoms with Crippen LogP contribution < -0.4 is 16.4 Å². The fraction of sp³-hybridized carbons (Fsp3) is 0.379. The summed E-state index contributed by atoms with van der Waals surface area (Å²) in [6.45, 7) is 12.4. The second-order valence-corrected chi connectivity index (χ2v) is 10.3. The van der Waals surface area contributed by atoms with Gasteiger partial charge in [0.15, 0.2) is 0 Å². The molecule has 0 aromatic heterocycles. The average molecular weight is 521 g/mol. The lowest BCUT2D eigenvalue weighted by atomic mass is 9.98. The number of rotatable bonds is 8. The minimum atomic E-state index is -1.46. The van der Waals surface area contributed by atoms with Gasteiger partial charge in [-0.1, -0.05) is 53.9 Å². The number of hydrogen-bond donors (Lipinski definition) is 3. The van der Waals surface area contributed by atoms with Crippen LogP contribution in [0.25, 0.3) is 0 Å². The van der Waals surface area contributed by atoms with Crippen LogP contribution in [0.1, 0.15) is 61.1 Å². The predicted molar refractivity (Wildman–Crippen MR) is 146 cm³/mol. The minimum Gasteiger partial charge on any atom is -0.444 e. The molecule has 4 N–H and O–H groups in total. The number of hydrogen-bond acceptors (Lipinski definition) is 5. The summed E-state index contributed by atoms with van der Waals surface area (Å²) in [4.78, 5) is 52.6. The molecule has 0 aliphatic heterocycles. The Hall–Kier alpha value is -4.32. The van der Waals surface area contributed by atoms with Gasteiger partial charge in [-0.2, -0.15) is 0 Å². The van der Waals surface area contributed by atoms with Gasteiger partial charge < -0.3 is 21.1 Å². The van der Waals surface area contributed by atoms with Gasteiger partial charge in [0.25, 0.3) is 11.8 Å². The minimum absolute atomic E-state index is 0.465. The highest BCUT2D eigenvalue weighted by molar-refractivity contribution is 6.01. The molecule has 0 radical (unpaired) electrons. The van der Waals surface area contributed by atoms with Gasteiger partial charge in [0, 0.05) is 11.7 Å². The summed E-state index contributed by atoms with van der Waals surface area (Å²) in [5.41, 5.74) is 8.94. The van der Waals surface area contributed by atoms with Gasteiger partial charge in [-0.05, 0) is 65.2 Å². The van der Waals surface area contributed by atoms with E-state index in [0.717, 1.165) is 27.2 Å². The first-order valence-electron chi connectivity index (χ1n) is 12.2. The molecular weight excluding hydrogens is 484 g/mol. The van der Waals surface area contributed by atoms with Crippen LogP contribution in [0.3, 0.4) is 0 Å². The Morgan fingerprint density at radius 1 is 1.03 bits per heavy atom. The lowest BCUT2D eigenvalue weighted by Crippen LogP contribution is -2.52. The van der Waals surface area contributed by atoms with Crippen LogP contribution in [0, 0.1) is 40.2 Å². The third-order valence-corrected chi connectivity index (χ3v) is 5.57. The molecule has 2 atom stereocenters. The van der Waals surface area contributed by atoms with Gasteiger partial charge in [0.1, 0.15) is 17.7 Å². The van der Waals surface area contributed by atoms with E-state index in [0.29, 0.717) is 11.3 Å². The molecule has 2 aromatic carbocycles. The zero-order chi connectivity index (χ0) is 28.8. The number of alkyl carbamates (subject to hydrolysis) is 1. The van der Waals surface area contributed by atoms with Crippen LogP contribution in [0.15, 0.2) is 36.4 Å². The number of nitrogens with zero attached hydrogens (tertiary/aromatic N) is 1. The molecule has 9 nitrogen and oxygen atoms in total. The standard InChI is InChI=1S/C29H36N4O5/c1-9-33(27(36)22(16-23(30)34)31-28(37)38-29(6,7)8)25(21-14-17(2)13-18(3)15-21)26(35)32-24-19(4)11-10-12-20(24)5/h1,10-15,22,25H,16H2,2-8H3,(H2,30,34)(H,31,37)(H,32,35). The Bertz CT molecular complexity index is 1230. The summed E-state index contributed by atoms with van der Waals surface area (Å²) in [7, 11) is 0. The van der Waals surface area contributed by atoms with Gasteiger partial charge >= 0.3 is 6.09 Å². The third-order valence-electron chi connectivity index (χ3n) is 5.57. The normalized spacial score (nSPS) is 12.5. The van der Waals surface area contributed by atoms with Crippen LogP contribution in [-0.2, 0) is 19.1 Å². The van der Waals surface area contributed by atoms with Crippen LogP contribution >= 0.6 is 0 Å². The van der Waals surface area contributed by atoms with Gasteiger partial charge in [-0.15, -0.1) is 0 Å². The van der Waals surface area contributed by atoms with Crippen LogP contribution in [0.2, 0.25) is 0 Å². The first kappa shape index (κ1) is 29.9. The van der Waals surface area contributed by atoms with Crippen molar-refractivity contribution in [1.29, 1.82) is 0 Å². The third kappa shape index (κ3) is 8.10. The number of para-hydroxylation sites is 1. The van der Waals surface area contributed by atoms with E-state index in [2.05, 4.69) is 16.7 Å². The van der Waals surface area contributed by atoms with Gasteiger partial charge in [-0.3, -0.25) is 19.3 Å². The molecule has 4 amide bonds. The number of nitrogens with one attached hydrogen (secondary N) is 2. The number of aryl methyl sites for hydroxylation is 4. The van der Waals surface area contributed by atoms with Crippen molar-refractivity contribution in [2.75, 3.05) is 5.32 Å². The monoisotopic (exact) mass is 520 g/mol. The lowest BCUT2D eigenvalue weighted by Gasteiger charge is -2.30. The topological polar surface area (TPSA) is 131 Å². The molecule has 2 aromatic rings. The highest BCUT2D eigenvalue weighted by atomic mass is 16.6. The van der Waals surface area contributed by atoms with Crippen molar-refractivity contribution in [2.45, 2.75) is 72.6 Å². The highest BCUT2D eigenvalue weighted by Crippen LogP contribution is 2.28. The second-order valence-electron chi connectivity index (χ2n) is 10.3. The molecule has 0 aliphatic rings. The molecule has 0 bridgehead atoms. The second kappa shape index (κ2) is 12.3. The van der Waals surface area contributed by atoms with E-state index in [4.69, 9.17) is 16.9 Å². The average Bonchev–Trinajstić information content (AvgIpc) is 2.76. The SMILES string of the molecule is C#CN(C(=O)C(CC(N)=O)NC(=O)OC(C)(C)C)C(C(=O)Nc1c(C)cccc1C)c1cc(C)cc(C)c1. The van der Waals surface area contributed by atoms with E-state index in [1.165, 1.54) is 0 Å². The maximum atomic E-state index is 13.8. The van der Waals surface area contributed by atoms with E-state index < -0.39 is 47.9 Å². The number of benzene rings is 2. The molecule has 0 fully saturated rings. The fourth-order valence-corrected chi connectivity index (χ4v) is 4.07. The molecule has 0 saturated heterocycles. The first-order chi connectivity index (χ1) is 17.6. The van der Waals surface area contributed by atoms with Crippen molar-refractivity contribution in [3.8, 4) is 12.5 Å². The van der Waals surface area contributed by atoms with E-state index in [9.17, 15) is 19.2 Å². The summed E-state index contributed by atoms with van der Waals surface area (Å²) in [6.07, 6.45) is 4.31. The molecule has 0 heterocycles. The molecule has 9 heteroatoms. The number of nitrogens with two attached hydrogens (primary N) is 1. The lowest BCUT2D eigenvalue weighted by molar-refractivity contribution is -0.138. The van der Waals surface area contributed by atoms with E-state index in [1.54, 1.807) is 32.9 Å². The number of anilines is 1. The Kier molecular flexibility index (Phi) is 9.66. The Balaban J connectivity index is 2.56. The Morgan fingerprint density at radius 3 is 2.05 bits per heavy atom. The number of ether oxygens (including phenoxy) is 1. The number of carbonyl (C=O) groups is 4. The Morgan fingerprint density at radius 2 is 1.58 bits per heavy atom. The van der Waals surface area contributed by atoms with Crippen molar-refractivity contribution < 1.29 is 23.9 Å². The zero-order valence-corrected chi connectivity index (χ0v) is 23.0. The molecule has 0 spiro atoms. The summed E-state index contributed by atoms with van der Waals surface area (Å²) in [5, 5.41) is 5.28. The first-order valence-corrected chi connectivity index (χ1v) is 12.2. The van der Waals surface area contributed by atoms with E-state index in [-0.39, 0.29) is 0 Å². The highest BCUT2D eigenvalue weighted by Gasteiger charge is 2.37.